The normalized spacial score (nSPS) is 13.8. The van der Waals surface area contributed by atoms with Gasteiger partial charge in [0, 0.05) is 12.5 Å². The molecule has 0 fully saturated rings. The van der Waals surface area contributed by atoms with E-state index in [-0.39, 0.29) is 23.5 Å². The van der Waals surface area contributed by atoms with E-state index in [1.807, 2.05) is 13.8 Å². The molecule has 0 spiro atoms. The first-order chi connectivity index (χ1) is 10.1. The minimum absolute atomic E-state index is 0.00743. The predicted molar refractivity (Wildman–Crippen MR) is 91.0 cm³/mol. The molecule has 0 rings (SSSR count). The van der Waals surface area contributed by atoms with Crippen LogP contribution < -0.4 is 16.4 Å². The maximum atomic E-state index is 12.5. The van der Waals surface area contributed by atoms with Crippen LogP contribution in [0.1, 0.15) is 53.9 Å². The van der Waals surface area contributed by atoms with Crippen LogP contribution >= 0.6 is 0 Å². The van der Waals surface area contributed by atoms with Crippen molar-refractivity contribution in [2.24, 2.45) is 23.5 Å². The molecule has 0 unspecified atom stereocenters. The van der Waals surface area contributed by atoms with Gasteiger partial charge < -0.3 is 16.4 Å². The molecule has 0 aromatic rings. The van der Waals surface area contributed by atoms with Crippen molar-refractivity contribution in [3.05, 3.63) is 12.4 Å². The van der Waals surface area contributed by atoms with Crippen LogP contribution in [-0.4, -0.2) is 24.3 Å². The lowest BCUT2D eigenvalue weighted by Gasteiger charge is -2.25. The van der Waals surface area contributed by atoms with Crippen molar-refractivity contribution in [2.75, 3.05) is 6.54 Å². The van der Waals surface area contributed by atoms with Gasteiger partial charge in [0.2, 0.25) is 5.91 Å². The Labute approximate surface area is 135 Å². The highest BCUT2D eigenvalue weighted by atomic mass is 16.2. The lowest BCUT2D eigenvalue weighted by molar-refractivity contribution is -0.131. The average Bonchev–Trinajstić information content (AvgIpc) is 2.38. The van der Waals surface area contributed by atoms with Crippen molar-refractivity contribution in [3.63, 3.8) is 0 Å². The van der Waals surface area contributed by atoms with Crippen LogP contribution in [0.5, 0.6) is 0 Å². The highest BCUT2D eigenvalue weighted by Gasteiger charge is 2.26. The SMILES string of the molecule is C=C(N)NCCC[C@H](NC(=O)[C@@H](CC(C)C)C(C)C)C(C)=O. The lowest BCUT2D eigenvalue weighted by Crippen LogP contribution is -2.44. The van der Waals surface area contributed by atoms with Crippen LogP contribution in [0.25, 0.3) is 0 Å². The summed E-state index contributed by atoms with van der Waals surface area (Å²) in [4.78, 5) is 24.2. The maximum absolute atomic E-state index is 12.5. The molecule has 0 aliphatic carbocycles. The number of nitrogens with two attached hydrogens (primary N) is 1. The first-order valence-corrected chi connectivity index (χ1v) is 8.14. The summed E-state index contributed by atoms with van der Waals surface area (Å²) in [6.45, 7) is 14.0. The third-order valence-corrected chi connectivity index (χ3v) is 3.70. The fourth-order valence-corrected chi connectivity index (χ4v) is 2.40. The van der Waals surface area contributed by atoms with Gasteiger partial charge in [-0.3, -0.25) is 9.59 Å². The predicted octanol–water partition coefficient (Wildman–Crippen LogP) is 2.18. The molecule has 5 nitrogen and oxygen atoms in total. The van der Waals surface area contributed by atoms with E-state index in [9.17, 15) is 9.59 Å². The number of Topliss-reactive ketones (excluding diaryl/α,β-unsaturated/α-hetero) is 1. The van der Waals surface area contributed by atoms with Crippen molar-refractivity contribution < 1.29 is 9.59 Å². The number of nitrogens with one attached hydrogen (secondary N) is 2. The Hall–Kier alpha value is -1.52. The summed E-state index contributed by atoms with van der Waals surface area (Å²) < 4.78 is 0. The lowest BCUT2D eigenvalue weighted by atomic mass is 9.86. The number of hydrogen-bond acceptors (Lipinski definition) is 4. The van der Waals surface area contributed by atoms with E-state index in [4.69, 9.17) is 5.73 Å². The molecule has 0 bridgehead atoms. The summed E-state index contributed by atoms with van der Waals surface area (Å²) in [6.07, 6.45) is 2.19. The van der Waals surface area contributed by atoms with Crippen molar-refractivity contribution >= 4 is 11.7 Å². The first-order valence-electron chi connectivity index (χ1n) is 8.14. The average molecular weight is 311 g/mol. The Morgan fingerprint density at radius 3 is 2.18 bits per heavy atom. The molecule has 2 atom stereocenters. The molecule has 22 heavy (non-hydrogen) atoms. The Kier molecular flexibility index (Phi) is 9.54. The van der Waals surface area contributed by atoms with Gasteiger partial charge in [-0.25, -0.2) is 0 Å². The van der Waals surface area contributed by atoms with Gasteiger partial charge in [-0.2, -0.15) is 0 Å². The summed E-state index contributed by atoms with van der Waals surface area (Å²) in [5, 5.41) is 5.84. The van der Waals surface area contributed by atoms with Crippen molar-refractivity contribution in [3.8, 4) is 0 Å². The van der Waals surface area contributed by atoms with E-state index in [0.29, 0.717) is 24.7 Å². The van der Waals surface area contributed by atoms with E-state index in [1.54, 1.807) is 0 Å². The Balaban J connectivity index is 4.54. The van der Waals surface area contributed by atoms with Crippen LogP contribution in [-0.2, 0) is 9.59 Å². The minimum atomic E-state index is -0.422. The molecule has 0 heterocycles. The zero-order valence-electron chi connectivity index (χ0n) is 14.7. The van der Waals surface area contributed by atoms with Crippen LogP contribution in [0.2, 0.25) is 0 Å². The Morgan fingerprint density at radius 1 is 1.18 bits per heavy atom. The Morgan fingerprint density at radius 2 is 1.77 bits per heavy atom. The van der Waals surface area contributed by atoms with Crippen LogP contribution in [0.3, 0.4) is 0 Å². The van der Waals surface area contributed by atoms with Gasteiger partial charge in [0.05, 0.1) is 11.9 Å². The summed E-state index contributed by atoms with van der Waals surface area (Å²) in [5.74, 6) is 1.06. The smallest absolute Gasteiger partial charge is 0.223 e. The van der Waals surface area contributed by atoms with Crippen molar-refractivity contribution in [1.82, 2.24) is 10.6 Å². The number of hydrogen-bond donors (Lipinski definition) is 3. The second kappa shape index (κ2) is 10.2. The van der Waals surface area contributed by atoms with E-state index in [2.05, 4.69) is 31.1 Å². The second-order valence-corrected chi connectivity index (χ2v) is 6.75. The van der Waals surface area contributed by atoms with Crippen LogP contribution in [0.15, 0.2) is 12.4 Å². The van der Waals surface area contributed by atoms with Gasteiger partial charge in [0.25, 0.3) is 0 Å². The highest BCUT2D eigenvalue weighted by Crippen LogP contribution is 2.20. The summed E-state index contributed by atoms with van der Waals surface area (Å²) in [7, 11) is 0. The standard InChI is InChI=1S/C17H33N3O2/c1-11(2)10-15(12(3)4)17(22)20-16(13(5)21)8-7-9-19-14(6)18/h11-12,15-16,19H,6-10,18H2,1-5H3,(H,20,22)/t15-,16-/m0/s1. The molecule has 0 aromatic carbocycles. The molecule has 0 radical (unpaired) electrons. The van der Waals surface area contributed by atoms with E-state index in [0.717, 1.165) is 12.8 Å². The molecule has 0 aromatic heterocycles. The van der Waals surface area contributed by atoms with E-state index < -0.39 is 6.04 Å². The molecule has 1 amide bonds. The van der Waals surface area contributed by atoms with Gasteiger partial charge in [-0.15, -0.1) is 0 Å². The largest absolute Gasteiger partial charge is 0.386 e. The monoisotopic (exact) mass is 311 g/mol. The van der Waals surface area contributed by atoms with E-state index in [1.165, 1.54) is 6.92 Å². The molecule has 128 valence electrons. The fraction of sp³-hybridized carbons (Fsp3) is 0.765. The molecule has 0 aliphatic rings. The molecule has 0 saturated carbocycles. The number of amides is 1. The number of rotatable bonds is 11. The fourth-order valence-electron chi connectivity index (χ4n) is 2.40. The third kappa shape index (κ3) is 8.70. The maximum Gasteiger partial charge on any atom is 0.223 e. The number of carbonyl (C=O) groups is 2. The van der Waals surface area contributed by atoms with Crippen LogP contribution in [0, 0.1) is 17.8 Å². The van der Waals surface area contributed by atoms with Crippen LogP contribution in [0.4, 0.5) is 0 Å². The highest BCUT2D eigenvalue weighted by molar-refractivity contribution is 5.88. The number of ketones is 1. The quantitative estimate of drug-likeness (QED) is 0.511. The summed E-state index contributed by atoms with van der Waals surface area (Å²) >= 11 is 0. The summed E-state index contributed by atoms with van der Waals surface area (Å²) in [5.41, 5.74) is 5.43. The molecule has 0 aliphatic heterocycles. The van der Waals surface area contributed by atoms with Gasteiger partial charge in [0.1, 0.15) is 0 Å². The minimum Gasteiger partial charge on any atom is -0.386 e. The first kappa shape index (κ1) is 20.5. The molecule has 4 N–H and O–H groups in total. The zero-order valence-corrected chi connectivity index (χ0v) is 14.7. The van der Waals surface area contributed by atoms with Gasteiger partial charge in [0.15, 0.2) is 5.78 Å². The van der Waals surface area contributed by atoms with Gasteiger partial charge in [-0.1, -0.05) is 34.3 Å². The van der Waals surface area contributed by atoms with Crippen molar-refractivity contribution in [1.29, 1.82) is 0 Å². The Bertz CT molecular complexity index is 378. The third-order valence-electron chi connectivity index (χ3n) is 3.70. The summed E-state index contributed by atoms with van der Waals surface area (Å²) in [6, 6.07) is -0.422. The van der Waals surface area contributed by atoms with Crippen molar-refractivity contribution in [2.45, 2.75) is 59.9 Å². The molecule has 5 heteroatoms. The molecular formula is C17H33N3O2. The molecule has 0 saturated heterocycles. The van der Waals surface area contributed by atoms with Gasteiger partial charge >= 0.3 is 0 Å². The topological polar surface area (TPSA) is 84.2 Å². The number of carbonyl (C=O) groups excluding carboxylic acids is 2. The molecular weight excluding hydrogens is 278 g/mol. The second-order valence-electron chi connectivity index (χ2n) is 6.75. The van der Waals surface area contributed by atoms with E-state index >= 15 is 0 Å². The zero-order chi connectivity index (χ0) is 17.3. The van der Waals surface area contributed by atoms with Gasteiger partial charge in [-0.05, 0) is 38.0 Å².